The quantitative estimate of drug-likeness (QED) is 0.684. The van der Waals surface area contributed by atoms with Crippen molar-refractivity contribution < 1.29 is 18.3 Å². The fourth-order valence-corrected chi connectivity index (χ4v) is 2.39. The Morgan fingerprint density at radius 2 is 1.76 bits per heavy atom. The molecule has 1 fully saturated rings. The molecule has 7 nitrogen and oxygen atoms in total. The third-order valence-corrected chi connectivity index (χ3v) is 4.31. The average Bonchev–Trinajstić information content (AvgIpc) is 2.35. The van der Waals surface area contributed by atoms with Crippen LogP contribution in [0.1, 0.15) is 20.8 Å². The topological polar surface area (TPSA) is 89.9 Å². The van der Waals surface area contributed by atoms with Crippen molar-refractivity contribution in [2.45, 2.75) is 26.9 Å². The largest absolute Gasteiger partial charge is 0.391 e. The Morgan fingerprint density at radius 3 is 2.19 bits per heavy atom. The van der Waals surface area contributed by atoms with E-state index in [2.05, 4.69) is 9.62 Å². The molecule has 0 saturated carbocycles. The molecule has 0 aromatic carbocycles. The third-order valence-electron chi connectivity index (χ3n) is 3.64. The summed E-state index contributed by atoms with van der Waals surface area (Å²) in [7, 11) is -3.34. The summed E-state index contributed by atoms with van der Waals surface area (Å²) < 4.78 is 24.1. The number of aliphatic hydroxyl groups excluding tert-OH is 1. The molecule has 1 aliphatic rings. The minimum absolute atomic E-state index is 0.160. The van der Waals surface area contributed by atoms with Gasteiger partial charge in [0, 0.05) is 32.7 Å². The first-order chi connectivity index (χ1) is 9.49. The van der Waals surface area contributed by atoms with Crippen LogP contribution in [0.3, 0.4) is 0 Å². The van der Waals surface area contributed by atoms with E-state index < -0.39 is 16.1 Å². The number of amides is 1. The van der Waals surface area contributed by atoms with Crippen LogP contribution in [0.15, 0.2) is 0 Å². The smallest absolute Gasteiger partial charge is 0.237 e. The van der Waals surface area contributed by atoms with Crippen LogP contribution in [-0.4, -0.2) is 80.9 Å². The first-order valence-corrected chi connectivity index (χ1v) is 9.01. The number of rotatable bonds is 5. The van der Waals surface area contributed by atoms with Gasteiger partial charge in [0.15, 0.2) is 0 Å². The van der Waals surface area contributed by atoms with Crippen molar-refractivity contribution in [1.29, 1.82) is 0 Å². The zero-order valence-corrected chi connectivity index (χ0v) is 14.1. The van der Waals surface area contributed by atoms with Crippen LogP contribution in [-0.2, 0) is 14.8 Å². The first kappa shape index (κ1) is 18.3. The zero-order chi connectivity index (χ0) is 16.3. The van der Waals surface area contributed by atoms with Crippen molar-refractivity contribution in [3.05, 3.63) is 0 Å². The average molecular weight is 321 g/mol. The van der Waals surface area contributed by atoms with Gasteiger partial charge in [-0.2, -0.15) is 0 Å². The van der Waals surface area contributed by atoms with Gasteiger partial charge in [-0.25, -0.2) is 13.1 Å². The number of carbonyl (C=O) groups excluding carboxylic acids is 1. The molecule has 124 valence electrons. The summed E-state index contributed by atoms with van der Waals surface area (Å²) in [4.78, 5) is 15.6. The van der Waals surface area contributed by atoms with Crippen LogP contribution in [0.2, 0.25) is 0 Å². The second-order valence-electron chi connectivity index (χ2n) is 6.66. The third kappa shape index (κ3) is 6.73. The Balaban J connectivity index is 2.37. The fourth-order valence-electron chi connectivity index (χ4n) is 2.00. The van der Waals surface area contributed by atoms with Crippen molar-refractivity contribution in [3.63, 3.8) is 0 Å². The highest BCUT2D eigenvalue weighted by Crippen LogP contribution is 2.20. The minimum atomic E-state index is -3.34. The van der Waals surface area contributed by atoms with Crippen molar-refractivity contribution in [1.82, 2.24) is 14.5 Å². The summed E-state index contributed by atoms with van der Waals surface area (Å²) in [5.41, 5.74) is -0.160. The normalized spacial score (nSPS) is 19.6. The summed E-state index contributed by atoms with van der Waals surface area (Å²) >= 11 is 0. The zero-order valence-electron chi connectivity index (χ0n) is 13.3. The molecule has 0 radical (unpaired) electrons. The highest BCUT2D eigenvalue weighted by Gasteiger charge is 2.27. The number of sulfonamides is 1. The Morgan fingerprint density at radius 1 is 1.24 bits per heavy atom. The lowest BCUT2D eigenvalue weighted by molar-refractivity contribution is -0.132. The summed E-state index contributed by atoms with van der Waals surface area (Å²) in [6.07, 6.45) is 0.623. The molecule has 0 spiro atoms. The van der Waals surface area contributed by atoms with E-state index in [0.29, 0.717) is 32.7 Å². The Hall–Kier alpha value is -0.700. The Bertz CT molecular complexity index is 451. The van der Waals surface area contributed by atoms with E-state index in [1.54, 1.807) is 4.90 Å². The van der Waals surface area contributed by atoms with E-state index in [0.717, 1.165) is 6.26 Å². The molecule has 0 aromatic heterocycles. The van der Waals surface area contributed by atoms with Gasteiger partial charge in [0.05, 0.1) is 18.9 Å². The SMILES string of the molecule is CC(C)(C)C(O)CN1CCN(C(=O)CNS(C)(=O)=O)CC1. The van der Waals surface area contributed by atoms with Gasteiger partial charge >= 0.3 is 0 Å². The van der Waals surface area contributed by atoms with Gasteiger partial charge in [0.25, 0.3) is 0 Å². The van der Waals surface area contributed by atoms with Gasteiger partial charge in [0.2, 0.25) is 15.9 Å². The van der Waals surface area contributed by atoms with E-state index in [4.69, 9.17) is 0 Å². The van der Waals surface area contributed by atoms with Crippen molar-refractivity contribution >= 4 is 15.9 Å². The molecular weight excluding hydrogens is 294 g/mol. The van der Waals surface area contributed by atoms with Crippen molar-refractivity contribution in [2.24, 2.45) is 5.41 Å². The van der Waals surface area contributed by atoms with Crippen molar-refractivity contribution in [3.8, 4) is 0 Å². The fraction of sp³-hybridized carbons (Fsp3) is 0.923. The monoisotopic (exact) mass is 321 g/mol. The number of nitrogens with one attached hydrogen (secondary N) is 1. The minimum Gasteiger partial charge on any atom is -0.391 e. The molecule has 2 N–H and O–H groups in total. The second-order valence-corrected chi connectivity index (χ2v) is 8.49. The molecule has 0 bridgehead atoms. The van der Waals surface area contributed by atoms with Crippen LogP contribution < -0.4 is 4.72 Å². The lowest BCUT2D eigenvalue weighted by Crippen LogP contribution is -2.53. The van der Waals surface area contributed by atoms with Crippen LogP contribution >= 0.6 is 0 Å². The van der Waals surface area contributed by atoms with E-state index in [1.807, 2.05) is 20.8 Å². The van der Waals surface area contributed by atoms with E-state index in [9.17, 15) is 18.3 Å². The van der Waals surface area contributed by atoms with Crippen LogP contribution in [0.5, 0.6) is 0 Å². The second kappa shape index (κ2) is 7.04. The molecule has 1 heterocycles. The lowest BCUT2D eigenvalue weighted by Gasteiger charge is -2.38. The number of β-amino-alcohol motifs (C(OH)–C–C–N with tert-alkyl or cyclic N) is 1. The number of hydrogen-bond donors (Lipinski definition) is 2. The van der Waals surface area contributed by atoms with Gasteiger partial charge in [-0.05, 0) is 5.41 Å². The van der Waals surface area contributed by atoms with Gasteiger partial charge in [-0.3, -0.25) is 9.69 Å². The Labute approximate surface area is 127 Å². The first-order valence-electron chi connectivity index (χ1n) is 7.12. The van der Waals surface area contributed by atoms with Crippen LogP contribution in [0.25, 0.3) is 0 Å². The van der Waals surface area contributed by atoms with Gasteiger partial charge < -0.3 is 10.0 Å². The molecule has 1 atom stereocenters. The van der Waals surface area contributed by atoms with E-state index >= 15 is 0 Å². The van der Waals surface area contributed by atoms with Gasteiger partial charge in [0.1, 0.15) is 0 Å². The summed E-state index contributed by atoms with van der Waals surface area (Å²) in [6.45, 7) is 8.88. The van der Waals surface area contributed by atoms with Gasteiger partial charge in [-0.1, -0.05) is 20.8 Å². The predicted molar refractivity (Wildman–Crippen MR) is 81.3 cm³/mol. The molecule has 0 aliphatic carbocycles. The van der Waals surface area contributed by atoms with Gasteiger partial charge in [-0.15, -0.1) is 0 Å². The number of hydrogen-bond acceptors (Lipinski definition) is 5. The summed E-state index contributed by atoms with van der Waals surface area (Å²) in [5.74, 6) is -0.212. The number of carbonyl (C=O) groups is 1. The standard InChI is InChI=1S/C13H27N3O4S/c1-13(2,3)11(17)10-15-5-7-16(8-6-15)12(18)9-14-21(4,19)20/h11,14,17H,5-10H2,1-4H3. The molecule has 8 heteroatoms. The molecular formula is C13H27N3O4S. The molecule has 21 heavy (non-hydrogen) atoms. The summed E-state index contributed by atoms with van der Waals surface area (Å²) in [6, 6.07) is 0. The van der Waals surface area contributed by atoms with Crippen LogP contribution in [0.4, 0.5) is 0 Å². The van der Waals surface area contributed by atoms with E-state index in [1.165, 1.54) is 0 Å². The van der Waals surface area contributed by atoms with Crippen molar-refractivity contribution in [2.75, 3.05) is 45.5 Å². The Kier molecular flexibility index (Phi) is 6.15. The maximum atomic E-state index is 11.9. The highest BCUT2D eigenvalue weighted by molar-refractivity contribution is 7.88. The van der Waals surface area contributed by atoms with E-state index in [-0.39, 0.29) is 17.9 Å². The molecule has 1 saturated heterocycles. The maximum absolute atomic E-state index is 11.9. The number of aliphatic hydroxyl groups is 1. The summed E-state index contributed by atoms with van der Waals surface area (Å²) in [5, 5.41) is 10.1. The molecule has 1 rings (SSSR count). The maximum Gasteiger partial charge on any atom is 0.237 e. The lowest BCUT2D eigenvalue weighted by atomic mass is 9.89. The number of piperazine rings is 1. The van der Waals surface area contributed by atoms with Crippen LogP contribution in [0, 0.1) is 5.41 Å². The highest BCUT2D eigenvalue weighted by atomic mass is 32.2. The molecule has 0 aromatic rings. The molecule has 1 amide bonds. The molecule has 1 unspecified atom stereocenters. The predicted octanol–water partition coefficient (Wildman–Crippen LogP) is -0.913. The molecule has 1 aliphatic heterocycles. The number of nitrogens with zero attached hydrogens (tertiary/aromatic N) is 2.